The molecule has 7 rings (SSSR count). The molecule has 0 unspecified atom stereocenters. The topological polar surface area (TPSA) is 25.8 Å². The predicted molar refractivity (Wildman–Crippen MR) is 201 cm³/mol. The quantitative estimate of drug-likeness (QED) is 0.171. The summed E-state index contributed by atoms with van der Waals surface area (Å²) in [7, 11) is 0. The van der Waals surface area contributed by atoms with Crippen LogP contribution in [-0.2, 0) is 36.2 Å². The number of aromatic nitrogens is 2. The molecule has 0 saturated heterocycles. The summed E-state index contributed by atoms with van der Waals surface area (Å²) in [6.45, 7) is 11.1. The maximum atomic E-state index is 4.51. The van der Waals surface area contributed by atoms with Gasteiger partial charge in [0.05, 0.1) is 11.4 Å². The number of fused-ring (bicyclic) bond motifs is 2. The van der Waals surface area contributed by atoms with Gasteiger partial charge in [0.2, 0.25) is 0 Å². The first-order valence-electron chi connectivity index (χ1n) is 16.7. The molecule has 0 aliphatic heterocycles. The first kappa shape index (κ1) is 40.3. The zero-order chi connectivity index (χ0) is 33.2. The molecule has 2 aromatic heterocycles. The molecule has 0 bridgehead atoms. The zero-order valence-corrected chi connectivity index (χ0v) is 34.1. The normalized spacial score (nSPS) is 10.3. The van der Waals surface area contributed by atoms with Crippen molar-refractivity contribution < 1.29 is 48.1 Å². The third kappa shape index (κ3) is 10.9. The van der Waals surface area contributed by atoms with Crippen LogP contribution in [0, 0.1) is 13.8 Å². The summed E-state index contributed by atoms with van der Waals surface area (Å²) in [4.78, 5) is 9.02. The van der Waals surface area contributed by atoms with Gasteiger partial charge in [-0.05, 0) is 48.2 Å². The Hall–Kier alpha value is -3.14. The third-order valence-electron chi connectivity index (χ3n) is 8.22. The first-order valence-corrected chi connectivity index (χ1v) is 22.4. The molecule has 0 fully saturated rings. The number of aryl methyl sites for hydroxylation is 4. The summed E-state index contributed by atoms with van der Waals surface area (Å²) in [5, 5.41) is 6.86. The van der Waals surface area contributed by atoms with E-state index in [0.717, 1.165) is 24.2 Å². The maximum Gasteiger partial charge on any atom is -1.00 e. The summed E-state index contributed by atoms with van der Waals surface area (Å²) >= 11 is 1.69. The van der Waals surface area contributed by atoms with Gasteiger partial charge in [0.25, 0.3) is 0 Å². The van der Waals surface area contributed by atoms with Gasteiger partial charge in [0.1, 0.15) is 0 Å². The van der Waals surface area contributed by atoms with Crippen LogP contribution in [0.2, 0.25) is 6.55 Å². The molecule has 7 aromatic rings. The van der Waals surface area contributed by atoms with Gasteiger partial charge in [0, 0.05) is 12.4 Å². The summed E-state index contributed by atoms with van der Waals surface area (Å²) in [6, 6.07) is 41.3. The van der Waals surface area contributed by atoms with Gasteiger partial charge in [-0.25, -0.2) is 0 Å². The molecule has 49 heavy (non-hydrogen) atoms. The minimum absolute atomic E-state index is 0. The molecule has 2 heterocycles. The average Bonchev–Trinajstić information content (AvgIpc) is 3.66. The number of nitrogens with zero attached hydrogens (tertiary/aromatic N) is 2. The van der Waals surface area contributed by atoms with Crippen molar-refractivity contribution in [1.29, 1.82) is 0 Å². The summed E-state index contributed by atoms with van der Waals surface area (Å²) in [6.07, 6.45) is 8.33. The van der Waals surface area contributed by atoms with Crippen LogP contribution in [0.5, 0.6) is 0 Å². The Morgan fingerprint density at radius 1 is 0.592 bits per heavy atom. The van der Waals surface area contributed by atoms with Crippen LogP contribution in [-0.4, -0.2) is 15.4 Å². The van der Waals surface area contributed by atoms with Crippen molar-refractivity contribution >= 4 is 32.2 Å². The van der Waals surface area contributed by atoms with E-state index in [-0.39, 0.29) is 30.2 Å². The van der Waals surface area contributed by atoms with E-state index in [1.807, 2.05) is 24.5 Å². The second-order valence-corrected chi connectivity index (χ2v) is 19.6. The molecule has 0 aliphatic carbocycles. The number of hydrogen-bond donors (Lipinski definition) is 0. The Balaban J connectivity index is 0.000000207. The zero-order valence-electron chi connectivity index (χ0n) is 29.1. The number of rotatable bonds is 7. The molecule has 250 valence electrons. The Bertz CT molecular complexity index is 1930. The molecular formula is C43H44Cl2N2SiZr-2. The van der Waals surface area contributed by atoms with Crippen LogP contribution < -0.4 is 30.0 Å². The van der Waals surface area contributed by atoms with Crippen LogP contribution in [0.25, 0.3) is 44.1 Å². The van der Waals surface area contributed by atoms with Crippen molar-refractivity contribution in [2.75, 3.05) is 0 Å². The van der Waals surface area contributed by atoms with Crippen molar-refractivity contribution in [3.05, 3.63) is 150 Å². The fourth-order valence-electron chi connectivity index (χ4n) is 6.09. The van der Waals surface area contributed by atoms with Crippen LogP contribution in [0.1, 0.15) is 48.9 Å². The van der Waals surface area contributed by atoms with Crippen LogP contribution in [0.15, 0.2) is 128 Å². The van der Waals surface area contributed by atoms with Crippen LogP contribution >= 0.6 is 0 Å². The molecule has 6 heteroatoms. The molecule has 5 aromatic carbocycles. The number of benzene rings is 3. The molecule has 0 amide bonds. The van der Waals surface area contributed by atoms with E-state index in [0.29, 0.717) is 0 Å². The molecule has 0 spiro atoms. The van der Waals surface area contributed by atoms with Gasteiger partial charge < -0.3 is 24.8 Å². The van der Waals surface area contributed by atoms with Gasteiger partial charge in [-0.2, -0.15) is 12.1 Å². The molecular weight excluding hydrogens is 735 g/mol. The Morgan fingerprint density at radius 3 is 1.37 bits per heavy atom. The Kier molecular flexibility index (Phi) is 16.4. The standard InChI is InChI=1S/2C18H18N.C7H8Si.2ClH.Zr/c2*1-3-6-14-11-15-9-13(2)10-16(15)17(12-14)18-7-4-5-8-19-18;1-8-7-5-3-2-4-6-7;;;/h2*4-5,7-12H,3,6H2,1-2H3;2-6H,1H3;2*1H;/q2*-1;;;;+2/p-2. The van der Waals surface area contributed by atoms with Crippen molar-refractivity contribution in [1.82, 2.24) is 9.97 Å². The number of halogens is 2. The average molecular weight is 779 g/mol. The minimum atomic E-state index is -0.122. The first-order chi connectivity index (χ1) is 22.9. The van der Waals surface area contributed by atoms with E-state index < -0.39 is 0 Å². The Labute approximate surface area is 320 Å². The molecule has 0 saturated carbocycles. The largest absolute Gasteiger partial charge is 1.00 e. The SMILES string of the molecule is CCCc1cc(-c2ccccn2)c2cc(C)[cH-]c2c1.CCCc1cc(-c2ccccn2)c2cc(C)[cH-]c2c1.C[Si](=[Zr+2])c1ccccc1.[Cl-].[Cl-]. The molecule has 0 atom stereocenters. The molecule has 0 aliphatic rings. The van der Waals surface area contributed by atoms with Crippen molar-refractivity contribution in [3.8, 4) is 22.5 Å². The predicted octanol–water partition coefficient (Wildman–Crippen LogP) is 4.83. The number of hydrogen-bond acceptors (Lipinski definition) is 2. The molecule has 0 N–H and O–H groups in total. The fourth-order valence-corrected chi connectivity index (χ4v) is 8.01. The van der Waals surface area contributed by atoms with E-state index in [9.17, 15) is 0 Å². The minimum Gasteiger partial charge on any atom is -1.00 e. The van der Waals surface area contributed by atoms with Crippen molar-refractivity contribution in [3.63, 3.8) is 0 Å². The second kappa shape index (κ2) is 19.9. The summed E-state index contributed by atoms with van der Waals surface area (Å²) < 4.78 is 0. The maximum absolute atomic E-state index is 4.51. The summed E-state index contributed by atoms with van der Waals surface area (Å²) in [5.74, 6) is 0. The van der Waals surface area contributed by atoms with Crippen molar-refractivity contribution in [2.45, 2.75) is 59.9 Å². The fraction of sp³-hybridized carbons (Fsp3) is 0.209. The smallest absolute Gasteiger partial charge is 1.00 e. The third-order valence-corrected chi connectivity index (χ3v) is 11.5. The van der Waals surface area contributed by atoms with Gasteiger partial charge >= 0.3 is 70.8 Å². The second-order valence-electron chi connectivity index (χ2n) is 12.3. The van der Waals surface area contributed by atoms with Crippen LogP contribution in [0.4, 0.5) is 0 Å². The van der Waals surface area contributed by atoms with E-state index in [1.54, 1.807) is 28.5 Å². The van der Waals surface area contributed by atoms with Crippen molar-refractivity contribution in [2.24, 2.45) is 0 Å². The summed E-state index contributed by atoms with van der Waals surface area (Å²) in [5.41, 5.74) is 9.98. The van der Waals surface area contributed by atoms with E-state index >= 15 is 0 Å². The van der Waals surface area contributed by atoms with Crippen LogP contribution in [0.3, 0.4) is 0 Å². The number of pyridine rings is 2. The van der Waals surface area contributed by atoms with E-state index in [2.05, 4.69) is 147 Å². The Morgan fingerprint density at radius 2 is 1.02 bits per heavy atom. The van der Waals surface area contributed by atoms with Gasteiger partial charge in [-0.3, -0.25) is 9.97 Å². The van der Waals surface area contributed by atoms with Gasteiger partial charge in [-0.15, -0.1) is 56.9 Å². The monoisotopic (exact) mass is 776 g/mol. The molecule has 2 nitrogen and oxygen atoms in total. The van der Waals surface area contributed by atoms with E-state index in [4.69, 9.17) is 0 Å². The van der Waals surface area contributed by atoms with E-state index in [1.165, 1.54) is 67.8 Å². The van der Waals surface area contributed by atoms with Gasteiger partial charge in [-0.1, -0.05) is 75.9 Å². The molecule has 0 radical (unpaired) electrons. The van der Waals surface area contributed by atoms with Gasteiger partial charge in [0.15, 0.2) is 0 Å².